The number of methoxy groups -OCH3 is 1. The molecule has 0 saturated carbocycles. The summed E-state index contributed by atoms with van der Waals surface area (Å²) in [5.41, 5.74) is -1.64. The van der Waals surface area contributed by atoms with Crippen molar-refractivity contribution in [2.75, 3.05) is 13.7 Å². The first kappa shape index (κ1) is 39.8. The van der Waals surface area contributed by atoms with E-state index in [0.717, 1.165) is 18.2 Å². The number of phenols is 3. The van der Waals surface area contributed by atoms with Crippen LogP contribution in [0, 0.1) is 0 Å². The smallest absolute Gasteiger partial charge is 0.269 e. The number of ether oxygens (including phenoxy) is 6. The Morgan fingerprint density at radius 2 is 1.39 bits per heavy atom. The number of aliphatic hydroxyl groups is 9. The highest BCUT2D eigenvalue weighted by atomic mass is 16.8. The maximum atomic E-state index is 14.4. The lowest BCUT2D eigenvalue weighted by atomic mass is 9.83. The van der Waals surface area contributed by atoms with Gasteiger partial charge in [-0.3, -0.25) is 4.79 Å². The van der Waals surface area contributed by atoms with Gasteiger partial charge in [0, 0.05) is 17.7 Å². The lowest BCUT2D eigenvalue weighted by molar-refractivity contribution is -0.399. The molecule has 3 aromatic rings. The Morgan fingerprint density at radius 1 is 0.741 bits per heavy atom. The van der Waals surface area contributed by atoms with Gasteiger partial charge in [-0.25, -0.2) is 0 Å². The summed E-state index contributed by atoms with van der Waals surface area (Å²) in [6.45, 7) is 1.80. The average molecular weight is 771 g/mol. The average Bonchev–Trinajstić information content (AvgIpc) is 3.13. The molecule has 298 valence electrons. The van der Waals surface area contributed by atoms with Crippen molar-refractivity contribution in [1.29, 1.82) is 0 Å². The number of fused-ring (bicyclic) bond motifs is 1. The van der Waals surface area contributed by atoms with Gasteiger partial charge in [0.15, 0.2) is 35.8 Å². The van der Waals surface area contributed by atoms with Gasteiger partial charge in [-0.15, -0.1) is 0 Å². The minimum absolute atomic E-state index is 0.0605. The number of hydrogen-bond donors (Lipinski definition) is 12. The molecule has 20 heteroatoms. The Morgan fingerprint density at radius 3 is 2.06 bits per heavy atom. The fraction of sp³-hybridized carbons (Fsp3) is 0.559. The predicted octanol–water partition coefficient (Wildman–Crippen LogP) is -3.14. The van der Waals surface area contributed by atoms with Gasteiger partial charge in [0.2, 0.25) is 11.2 Å². The second-order valence-electron chi connectivity index (χ2n) is 13.5. The zero-order valence-corrected chi connectivity index (χ0v) is 28.8. The quantitative estimate of drug-likeness (QED) is 0.108. The Kier molecular flexibility index (Phi) is 11.1. The fourth-order valence-corrected chi connectivity index (χ4v) is 6.79. The highest BCUT2D eigenvalue weighted by molar-refractivity contribution is 5.88. The van der Waals surface area contributed by atoms with Gasteiger partial charge in [-0.05, 0) is 32.0 Å². The monoisotopic (exact) mass is 770 g/mol. The van der Waals surface area contributed by atoms with Crippen molar-refractivity contribution in [3.8, 4) is 40.1 Å². The first-order valence-electron chi connectivity index (χ1n) is 16.7. The number of aromatic hydroxyl groups is 3. The van der Waals surface area contributed by atoms with Crippen LogP contribution in [-0.4, -0.2) is 166 Å². The summed E-state index contributed by atoms with van der Waals surface area (Å²) in [7, 11) is 1.22. The van der Waals surface area contributed by atoms with Crippen LogP contribution >= 0.6 is 0 Å². The van der Waals surface area contributed by atoms with E-state index in [2.05, 4.69) is 0 Å². The number of aliphatic hydroxyl groups excluding tert-OH is 9. The zero-order valence-electron chi connectivity index (χ0n) is 28.8. The maximum Gasteiger partial charge on any atom is 0.269 e. The van der Waals surface area contributed by atoms with Gasteiger partial charge in [-0.1, -0.05) is 0 Å². The van der Waals surface area contributed by atoms with Crippen LogP contribution in [0.1, 0.15) is 13.8 Å². The van der Waals surface area contributed by atoms with E-state index in [1.54, 1.807) is 0 Å². The number of benzene rings is 2. The Labute approximate surface area is 304 Å². The van der Waals surface area contributed by atoms with E-state index in [9.17, 15) is 66.1 Å². The molecule has 3 aliphatic rings. The highest BCUT2D eigenvalue weighted by Crippen LogP contribution is 2.45. The third-order valence-electron chi connectivity index (χ3n) is 9.91. The molecule has 3 saturated heterocycles. The van der Waals surface area contributed by atoms with E-state index in [4.69, 9.17) is 32.8 Å². The molecule has 6 rings (SSSR count). The van der Waals surface area contributed by atoms with Crippen LogP contribution in [0.25, 0.3) is 22.3 Å². The molecule has 54 heavy (non-hydrogen) atoms. The van der Waals surface area contributed by atoms with E-state index in [1.807, 2.05) is 0 Å². The molecule has 3 aliphatic heterocycles. The van der Waals surface area contributed by atoms with Crippen LogP contribution in [0.2, 0.25) is 0 Å². The summed E-state index contributed by atoms with van der Waals surface area (Å²) in [6.07, 6.45) is -25.9. The van der Waals surface area contributed by atoms with Gasteiger partial charge in [-0.2, -0.15) is 0 Å². The van der Waals surface area contributed by atoms with Crippen molar-refractivity contribution < 1.29 is 94.1 Å². The molecule has 12 N–H and O–H groups in total. The lowest BCUT2D eigenvalue weighted by Gasteiger charge is -2.54. The second-order valence-corrected chi connectivity index (χ2v) is 13.5. The fourth-order valence-electron chi connectivity index (χ4n) is 6.79. The first-order chi connectivity index (χ1) is 25.4. The van der Waals surface area contributed by atoms with Crippen LogP contribution in [0.3, 0.4) is 0 Å². The first-order valence-corrected chi connectivity index (χ1v) is 16.7. The molecule has 0 aliphatic carbocycles. The van der Waals surface area contributed by atoms with Crippen LogP contribution in [0.15, 0.2) is 39.5 Å². The summed E-state index contributed by atoms with van der Waals surface area (Å²) in [4.78, 5) is 14.4. The van der Waals surface area contributed by atoms with Crippen LogP contribution < -0.4 is 14.9 Å². The second kappa shape index (κ2) is 15.0. The lowest BCUT2D eigenvalue weighted by Crippen LogP contribution is -2.77. The van der Waals surface area contributed by atoms with Gasteiger partial charge < -0.3 is 94.1 Å². The molecule has 0 amide bonds. The third kappa shape index (κ3) is 6.72. The highest BCUT2D eigenvalue weighted by Gasteiger charge is 2.65. The van der Waals surface area contributed by atoms with Crippen molar-refractivity contribution in [2.45, 2.75) is 105 Å². The van der Waals surface area contributed by atoms with E-state index in [1.165, 1.54) is 33.1 Å². The molecule has 0 unspecified atom stereocenters. The van der Waals surface area contributed by atoms with E-state index in [0.29, 0.717) is 0 Å². The van der Waals surface area contributed by atoms with Crippen molar-refractivity contribution in [3.05, 3.63) is 40.6 Å². The summed E-state index contributed by atoms with van der Waals surface area (Å²) in [5.74, 6) is -6.30. The topological polar surface area (TPSA) is 328 Å². The van der Waals surface area contributed by atoms with Gasteiger partial charge >= 0.3 is 0 Å². The molecule has 0 bridgehead atoms. The summed E-state index contributed by atoms with van der Waals surface area (Å²) in [5, 5.41) is 128. The minimum atomic E-state index is -3.07. The molecular formula is C34H42O20. The normalized spacial score (nSPS) is 38.7. The van der Waals surface area contributed by atoms with Gasteiger partial charge in [0.05, 0.1) is 25.9 Å². The molecule has 4 heterocycles. The third-order valence-corrected chi connectivity index (χ3v) is 9.91. The van der Waals surface area contributed by atoms with Gasteiger partial charge in [0.25, 0.3) is 5.79 Å². The molecule has 0 radical (unpaired) electrons. The molecule has 1 aromatic heterocycles. The maximum absolute atomic E-state index is 14.4. The standard InChI is InChI=1S/C34H42O20/c1-10-20(38)24(42)27(45)32(50-10)34(31(47)26(44)22(40)18(53-34)9-49-33-28(46)25(43)21(39)11(2)51-33)54-30-23(41)19-15(37)7-13(35)8-17(19)52-29(30)12-4-5-14(36)16(6-12)48-3/h4-8,10-11,18,20-22,24-28,31-33,35-40,42-47H,9H2,1-3H3/t10-,11-,18-,20+,21-,22-,24+,25-,26-,27-,28+,31-,32-,33+,34-/m0/s1. The molecular weight excluding hydrogens is 728 g/mol. The van der Waals surface area contributed by atoms with E-state index < -0.39 is 132 Å². The summed E-state index contributed by atoms with van der Waals surface area (Å²) >= 11 is 0. The van der Waals surface area contributed by atoms with Crippen molar-refractivity contribution in [1.82, 2.24) is 0 Å². The van der Waals surface area contributed by atoms with Crippen molar-refractivity contribution in [3.63, 3.8) is 0 Å². The molecule has 15 atom stereocenters. The van der Waals surface area contributed by atoms with Crippen LogP contribution in [0.4, 0.5) is 0 Å². The van der Waals surface area contributed by atoms with Crippen LogP contribution in [-0.2, 0) is 18.9 Å². The summed E-state index contributed by atoms with van der Waals surface area (Å²) < 4.78 is 40.3. The van der Waals surface area contributed by atoms with E-state index in [-0.39, 0.29) is 22.6 Å². The number of phenolic OH excluding ortho intramolecular Hbond substituents is 3. The minimum Gasteiger partial charge on any atom is -0.508 e. The van der Waals surface area contributed by atoms with Crippen molar-refractivity contribution >= 4 is 11.0 Å². The Bertz CT molecular complexity index is 1890. The predicted molar refractivity (Wildman–Crippen MR) is 176 cm³/mol. The van der Waals surface area contributed by atoms with Crippen molar-refractivity contribution in [2.24, 2.45) is 0 Å². The van der Waals surface area contributed by atoms with E-state index >= 15 is 0 Å². The molecule has 3 fully saturated rings. The largest absolute Gasteiger partial charge is 0.508 e. The summed E-state index contributed by atoms with van der Waals surface area (Å²) in [6, 6.07) is 5.40. The Balaban J connectivity index is 1.53. The van der Waals surface area contributed by atoms with Crippen LogP contribution in [0.5, 0.6) is 28.7 Å². The zero-order chi connectivity index (χ0) is 39.5. The number of rotatable bonds is 8. The number of hydrogen-bond acceptors (Lipinski definition) is 20. The molecule has 2 aromatic carbocycles. The molecule has 20 nitrogen and oxygen atoms in total. The van der Waals surface area contributed by atoms with Gasteiger partial charge in [0.1, 0.15) is 77.4 Å². The molecule has 0 spiro atoms. The Hall–Kier alpha value is -3.87. The SMILES string of the molecule is COc1cc(-c2oc3cc(O)cc(O)c3c(=O)c2O[C@@]2([C@H]3O[C@@H](C)[C@@H](O)[C@@H](O)[C@@H]3O)O[C@@H](CO[C@@H]3O[C@@H](C)[C@H](O)[C@H](O)[C@H]3O)[C@H](O)[C@H](O)[C@@H]2O)ccc1O.